The van der Waals surface area contributed by atoms with Gasteiger partial charge in [0.1, 0.15) is 0 Å². The molecule has 0 atom stereocenters. The molecule has 0 radical (unpaired) electrons. The van der Waals surface area contributed by atoms with E-state index < -0.39 is 24.8 Å². The minimum atomic E-state index is -0.649. The van der Waals surface area contributed by atoms with Crippen LogP contribution in [0.25, 0.3) is 11.4 Å². The van der Waals surface area contributed by atoms with E-state index in [1.807, 2.05) is 31.2 Å². The number of rotatable bonds is 5. The molecular weight excluding hydrogens is 411 g/mol. The van der Waals surface area contributed by atoms with Crippen molar-refractivity contribution in [1.29, 1.82) is 0 Å². The van der Waals surface area contributed by atoms with Crippen LogP contribution in [0.2, 0.25) is 0 Å². The van der Waals surface area contributed by atoms with E-state index in [1.165, 1.54) is 23.7 Å². The van der Waals surface area contributed by atoms with E-state index in [1.54, 1.807) is 0 Å². The van der Waals surface area contributed by atoms with Gasteiger partial charge in [-0.05, 0) is 0 Å². The van der Waals surface area contributed by atoms with E-state index in [-0.39, 0.29) is 11.4 Å². The van der Waals surface area contributed by atoms with Gasteiger partial charge >= 0.3 is 152 Å². The zero-order valence-electron chi connectivity index (χ0n) is 12.8. The van der Waals surface area contributed by atoms with Crippen molar-refractivity contribution < 1.29 is 9.85 Å². The van der Waals surface area contributed by atoms with Crippen molar-refractivity contribution in [3.63, 3.8) is 0 Å². The van der Waals surface area contributed by atoms with Crippen molar-refractivity contribution in [2.75, 3.05) is 0 Å². The third kappa shape index (κ3) is 3.87. The number of aryl methyl sites for hydroxylation is 1. The van der Waals surface area contributed by atoms with Gasteiger partial charge in [-0.1, -0.05) is 0 Å². The van der Waals surface area contributed by atoms with Gasteiger partial charge in [0.05, 0.1) is 0 Å². The third-order valence-corrected chi connectivity index (χ3v) is 6.42. The Bertz CT molecular complexity index is 958. The van der Waals surface area contributed by atoms with E-state index in [0.29, 0.717) is 14.2 Å². The molecule has 10 heteroatoms. The Hall–Kier alpha value is -2.68. The van der Waals surface area contributed by atoms with E-state index in [9.17, 15) is 20.2 Å². The molecule has 0 bridgehead atoms. The number of nitro groups is 2. The van der Waals surface area contributed by atoms with Crippen LogP contribution in [0.4, 0.5) is 11.4 Å². The Balaban J connectivity index is 1.89. The van der Waals surface area contributed by atoms with Crippen LogP contribution in [0.1, 0.15) is 5.56 Å². The van der Waals surface area contributed by atoms with Crippen molar-refractivity contribution in [2.24, 2.45) is 0 Å². The molecule has 0 aliphatic carbocycles. The fraction of sp³-hybridized carbons (Fsp3) is 0.0667. The zero-order valence-corrected chi connectivity index (χ0v) is 15.3. The normalized spacial score (nSPS) is 10.6. The molecule has 0 spiro atoms. The summed E-state index contributed by atoms with van der Waals surface area (Å²) in [5, 5.41) is 22.0. The Kier molecular flexibility index (Phi) is 4.84. The molecule has 0 amide bonds. The molecule has 0 saturated carbocycles. The summed E-state index contributed by atoms with van der Waals surface area (Å²) in [6.45, 7) is 1.99. The van der Waals surface area contributed by atoms with Crippen molar-refractivity contribution in [3.05, 3.63) is 68.3 Å². The number of nitro benzene ring substituents is 2. The molecule has 0 saturated heterocycles. The van der Waals surface area contributed by atoms with Crippen LogP contribution in [-0.4, -0.2) is 34.2 Å². The van der Waals surface area contributed by atoms with Gasteiger partial charge in [0.25, 0.3) is 0 Å². The molecule has 0 aliphatic heterocycles. The number of non-ortho nitro benzene ring substituents is 1. The molecule has 3 rings (SSSR count). The summed E-state index contributed by atoms with van der Waals surface area (Å²) < 4.78 is 5.39. The molecule has 0 unspecified atom stereocenters. The predicted octanol–water partition coefficient (Wildman–Crippen LogP) is 1.98. The summed E-state index contributed by atoms with van der Waals surface area (Å²) in [4.78, 5) is 25.2. The molecule has 2 aromatic carbocycles. The third-order valence-electron chi connectivity index (χ3n) is 3.26. The fourth-order valence-corrected chi connectivity index (χ4v) is 4.88. The topological polar surface area (TPSA) is 112 Å². The first kappa shape index (κ1) is 17.2. The molecule has 0 aliphatic rings. The van der Waals surface area contributed by atoms with Crippen molar-refractivity contribution in [2.45, 2.75) is 6.92 Å². The Morgan fingerprint density at radius 1 is 1.04 bits per heavy atom. The first-order chi connectivity index (χ1) is 11.9. The molecule has 1 aromatic heterocycles. The van der Waals surface area contributed by atoms with E-state index >= 15 is 0 Å². The van der Waals surface area contributed by atoms with Crippen LogP contribution in [0.5, 0.6) is 0 Å². The number of hydrogen-bond donors (Lipinski definition) is 0. The summed E-state index contributed by atoms with van der Waals surface area (Å²) in [7, 11) is 0. The summed E-state index contributed by atoms with van der Waals surface area (Å²) in [6, 6.07) is 11.4. The molecule has 8 nitrogen and oxygen atoms in total. The van der Waals surface area contributed by atoms with Gasteiger partial charge in [-0.25, -0.2) is 0 Å². The van der Waals surface area contributed by atoms with Gasteiger partial charge in [-0.15, -0.1) is 0 Å². The Morgan fingerprint density at radius 3 is 2.40 bits per heavy atom. The maximum absolute atomic E-state index is 11.2. The van der Waals surface area contributed by atoms with E-state index in [4.69, 9.17) is 0 Å². The monoisotopic (exact) mass is 422 g/mol. The van der Waals surface area contributed by atoms with Crippen molar-refractivity contribution in [3.8, 4) is 11.4 Å². The van der Waals surface area contributed by atoms with Crippen molar-refractivity contribution >= 4 is 46.2 Å². The number of hydrogen-bond acceptors (Lipinski definition) is 7. The number of benzene rings is 2. The van der Waals surface area contributed by atoms with Crippen LogP contribution < -0.4 is 8.37 Å². The van der Waals surface area contributed by atoms with E-state index in [2.05, 4.69) is 9.36 Å². The SMILES string of the molecule is Cc1ccc(-c2nsc([Se]c3ccc([N+](=O)[O-])cc3[N+](=O)[O-])n2)cc1. The van der Waals surface area contributed by atoms with Gasteiger partial charge in [-0.2, -0.15) is 0 Å². The van der Waals surface area contributed by atoms with Gasteiger partial charge < -0.3 is 0 Å². The summed E-state index contributed by atoms with van der Waals surface area (Å²) in [5.74, 6) is 0.575. The Morgan fingerprint density at radius 2 is 1.76 bits per heavy atom. The second-order valence-electron chi connectivity index (χ2n) is 5.02. The summed E-state index contributed by atoms with van der Waals surface area (Å²) >= 11 is 0.724. The van der Waals surface area contributed by atoms with Gasteiger partial charge in [-0.3, -0.25) is 0 Å². The predicted molar refractivity (Wildman–Crippen MR) is 94.9 cm³/mol. The fourth-order valence-electron chi connectivity index (χ4n) is 2.01. The average molecular weight is 421 g/mol. The van der Waals surface area contributed by atoms with Crippen LogP contribution >= 0.6 is 11.5 Å². The molecule has 1 heterocycles. The van der Waals surface area contributed by atoms with Gasteiger partial charge in [0, 0.05) is 0 Å². The second kappa shape index (κ2) is 7.06. The number of nitrogens with zero attached hydrogens (tertiary/aromatic N) is 4. The number of aromatic nitrogens is 2. The maximum atomic E-state index is 11.2. The van der Waals surface area contributed by atoms with E-state index in [0.717, 1.165) is 17.2 Å². The average Bonchev–Trinajstić information content (AvgIpc) is 3.04. The first-order valence-electron chi connectivity index (χ1n) is 6.95. The minimum absolute atomic E-state index is 0.263. The quantitative estimate of drug-likeness (QED) is 0.354. The Labute approximate surface area is 152 Å². The second-order valence-corrected chi connectivity index (χ2v) is 8.52. The van der Waals surface area contributed by atoms with Crippen LogP contribution in [0.3, 0.4) is 0 Å². The van der Waals surface area contributed by atoms with Gasteiger partial charge in [0.2, 0.25) is 0 Å². The first-order valence-corrected chi connectivity index (χ1v) is 9.44. The van der Waals surface area contributed by atoms with Crippen LogP contribution in [-0.2, 0) is 0 Å². The van der Waals surface area contributed by atoms with Gasteiger partial charge in [0.15, 0.2) is 0 Å². The van der Waals surface area contributed by atoms with Crippen molar-refractivity contribution in [1.82, 2.24) is 9.36 Å². The molecule has 25 heavy (non-hydrogen) atoms. The van der Waals surface area contributed by atoms with Crippen LogP contribution in [0, 0.1) is 27.2 Å². The standard InChI is InChI=1S/C15H10N4O4SSe/c1-9-2-4-10(5-3-9)14-16-15(24-17-14)25-13-7-6-11(18(20)21)8-12(13)19(22)23/h2-8H,1H3. The summed E-state index contributed by atoms with van der Waals surface area (Å²) in [6.07, 6.45) is 0. The molecule has 126 valence electrons. The molecular formula is C15H10N4O4SSe. The summed E-state index contributed by atoms with van der Waals surface area (Å²) in [5.41, 5.74) is 1.44. The zero-order chi connectivity index (χ0) is 18.0. The molecule has 0 fully saturated rings. The van der Waals surface area contributed by atoms with Crippen LogP contribution in [0.15, 0.2) is 42.5 Å². The molecule has 3 aromatic rings. The molecule has 0 N–H and O–H groups in total.